The van der Waals surface area contributed by atoms with Crippen molar-refractivity contribution in [2.75, 3.05) is 0 Å². The zero-order valence-corrected chi connectivity index (χ0v) is 6.99. The van der Waals surface area contributed by atoms with E-state index in [2.05, 4.69) is 4.98 Å². The summed E-state index contributed by atoms with van der Waals surface area (Å²) in [6.07, 6.45) is 0. The van der Waals surface area contributed by atoms with Crippen LogP contribution in [0.3, 0.4) is 0 Å². The Labute approximate surface area is 73.4 Å². The third-order valence-corrected chi connectivity index (χ3v) is 1.83. The molecule has 0 saturated carbocycles. The fourth-order valence-electron chi connectivity index (χ4n) is 1.17. The fraction of sp³-hybridized carbons (Fsp3) is 0.111. The molecule has 0 aliphatic heterocycles. The average molecular weight is 178 g/mol. The van der Waals surface area contributed by atoms with Crippen molar-refractivity contribution in [1.82, 2.24) is 9.77 Å². The van der Waals surface area contributed by atoms with Crippen molar-refractivity contribution in [3.63, 3.8) is 0 Å². The SMILES string of the molecule is Cc1ccc2ccc(=O)n(F)c2n1. The van der Waals surface area contributed by atoms with Crippen molar-refractivity contribution in [1.29, 1.82) is 0 Å². The standard InChI is InChI=1S/C9H7FN2O/c1-6-2-3-7-4-5-8(13)12(10)9(7)11-6/h2-5H,1H3. The fourth-order valence-corrected chi connectivity index (χ4v) is 1.17. The van der Waals surface area contributed by atoms with Crippen molar-refractivity contribution < 1.29 is 4.48 Å². The van der Waals surface area contributed by atoms with E-state index in [1.807, 2.05) is 0 Å². The van der Waals surface area contributed by atoms with Gasteiger partial charge < -0.3 is 0 Å². The summed E-state index contributed by atoms with van der Waals surface area (Å²) in [6.45, 7) is 1.75. The predicted octanol–water partition coefficient (Wildman–Crippen LogP) is 1.44. The summed E-state index contributed by atoms with van der Waals surface area (Å²) < 4.78 is 13.1. The molecule has 4 heteroatoms. The Bertz CT molecular complexity index is 518. The highest BCUT2D eigenvalue weighted by Crippen LogP contribution is 2.09. The van der Waals surface area contributed by atoms with Crippen molar-refractivity contribution in [2.24, 2.45) is 0 Å². The number of hydrogen-bond acceptors (Lipinski definition) is 2. The summed E-state index contributed by atoms with van der Waals surface area (Å²) in [6, 6.07) is 6.24. The molecule has 2 aromatic rings. The van der Waals surface area contributed by atoms with Crippen LogP contribution in [0.2, 0.25) is 0 Å². The lowest BCUT2D eigenvalue weighted by Crippen LogP contribution is -2.12. The molecule has 0 bridgehead atoms. The molecule has 0 saturated heterocycles. The van der Waals surface area contributed by atoms with E-state index in [-0.39, 0.29) is 10.4 Å². The highest BCUT2D eigenvalue weighted by Gasteiger charge is 2.02. The zero-order valence-electron chi connectivity index (χ0n) is 6.99. The number of aromatic nitrogens is 2. The molecule has 2 aromatic heterocycles. The molecule has 0 radical (unpaired) electrons. The van der Waals surface area contributed by atoms with Gasteiger partial charge in [0.25, 0.3) is 5.56 Å². The van der Waals surface area contributed by atoms with E-state index in [1.165, 1.54) is 6.07 Å². The van der Waals surface area contributed by atoms with Crippen LogP contribution in [0.25, 0.3) is 11.0 Å². The van der Waals surface area contributed by atoms with Crippen LogP contribution in [0.4, 0.5) is 4.48 Å². The Hall–Kier alpha value is -1.71. The van der Waals surface area contributed by atoms with E-state index in [0.29, 0.717) is 11.1 Å². The third-order valence-electron chi connectivity index (χ3n) is 1.83. The molecule has 13 heavy (non-hydrogen) atoms. The molecular weight excluding hydrogens is 171 g/mol. The van der Waals surface area contributed by atoms with Crippen molar-refractivity contribution >= 4 is 11.0 Å². The summed E-state index contributed by atoms with van der Waals surface area (Å²) in [5.74, 6) is 0. The molecule has 66 valence electrons. The topological polar surface area (TPSA) is 34.9 Å². The van der Waals surface area contributed by atoms with Crippen LogP contribution in [0.1, 0.15) is 5.69 Å². The Morgan fingerprint density at radius 3 is 2.77 bits per heavy atom. The van der Waals surface area contributed by atoms with Gasteiger partial charge in [-0.3, -0.25) is 4.79 Å². The van der Waals surface area contributed by atoms with E-state index in [9.17, 15) is 9.28 Å². The van der Waals surface area contributed by atoms with Crippen molar-refractivity contribution in [3.05, 3.63) is 40.3 Å². The van der Waals surface area contributed by atoms with Crippen LogP contribution >= 0.6 is 0 Å². The van der Waals surface area contributed by atoms with Crippen molar-refractivity contribution in [3.8, 4) is 0 Å². The molecule has 0 amide bonds. The highest BCUT2D eigenvalue weighted by molar-refractivity contribution is 5.74. The second-order valence-corrected chi connectivity index (χ2v) is 2.82. The quantitative estimate of drug-likeness (QED) is 0.611. The maximum Gasteiger partial charge on any atom is 0.280 e. The average Bonchev–Trinajstić information content (AvgIpc) is 2.12. The molecular formula is C9H7FN2O. The van der Waals surface area contributed by atoms with Gasteiger partial charge in [0.1, 0.15) is 0 Å². The third kappa shape index (κ3) is 1.20. The smallest absolute Gasteiger partial charge is 0.267 e. The van der Waals surface area contributed by atoms with Gasteiger partial charge in [-0.05, 0) is 25.1 Å². The Kier molecular flexibility index (Phi) is 1.62. The van der Waals surface area contributed by atoms with Gasteiger partial charge in [-0.2, -0.15) is 0 Å². The minimum absolute atomic E-state index is 0.0579. The number of fused-ring (bicyclic) bond motifs is 1. The summed E-state index contributed by atoms with van der Waals surface area (Å²) >= 11 is 0. The lowest BCUT2D eigenvalue weighted by molar-refractivity contribution is 0.367. The molecule has 3 nitrogen and oxygen atoms in total. The molecule has 0 fully saturated rings. The van der Waals surface area contributed by atoms with Crippen LogP contribution in [0.15, 0.2) is 29.1 Å². The van der Waals surface area contributed by atoms with Gasteiger partial charge in [0.05, 0.1) is 0 Å². The Morgan fingerprint density at radius 1 is 1.31 bits per heavy atom. The molecule has 0 unspecified atom stereocenters. The second kappa shape index (κ2) is 2.65. The first-order valence-electron chi connectivity index (χ1n) is 3.84. The lowest BCUT2D eigenvalue weighted by Gasteiger charge is -1.99. The highest BCUT2D eigenvalue weighted by atomic mass is 19.2. The number of halogens is 1. The molecule has 2 heterocycles. The number of rotatable bonds is 0. The van der Waals surface area contributed by atoms with E-state index < -0.39 is 5.56 Å². The Balaban J connectivity index is 2.97. The molecule has 0 aliphatic rings. The second-order valence-electron chi connectivity index (χ2n) is 2.82. The minimum atomic E-state index is -0.689. The first-order chi connectivity index (χ1) is 6.18. The molecule has 0 aliphatic carbocycles. The van der Waals surface area contributed by atoms with Crippen LogP contribution in [0, 0.1) is 6.92 Å². The van der Waals surface area contributed by atoms with Gasteiger partial charge in [-0.1, -0.05) is 4.48 Å². The first kappa shape index (κ1) is 7.91. The first-order valence-corrected chi connectivity index (χ1v) is 3.84. The van der Waals surface area contributed by atoms with Crippen LogP contribution in [-0.4, -0.2) is 9.77 Å². The number of pyridine rings is 2. The summed E-state index contributed by atoms with van der Waals surface area (Å²) in [5.41, 5.74) is 0.0719. The lowest BCUT2D eigenvalue weighted by atomic mass is 10.2. The number of nitrogens with zero attached hydrogens (tertiary/aromatic N) is 2. The van der Waals surface area contributed by atoms with E-state index in [0.717, 1.165) is 0 Å². The van der Waals surface area contributed by atoms with E-state index >= 15 is 0 Å². The Morgan fingerprint density at radius 2 is 2.00 bits per heavy atom. The van der Waals surface area contributed by atoms with Crippen LogP contribution in [-0.2, 0) is 0 Å². The summed E-state index contributed by atoms with van der Waals surface area (Å²) in [7, 11) is 0. The molecule has 0 N–H and O–H groups in total. The molecule has 0 spiro atoms. The number of aryl methyl sites for hydroxylation is 1. The minimum Gasteiger partial charge on any atom is -0.267 e. The summed E-state index contributed by atoms with van der Waals surface area (Å²) in [4.78, 5) is 14.9. The normalized spacial score (nSPS) is 10.6. The zero-order chi connectivity index (χ0) is 9.42. The molecule has 0 aromatic carbocycles. The van der Waals surface area contributed by atoms with Gasteiger partial charge in [-0.25, -0.2) is 4.98 Å². The number of hydrogen-bond donors (Lipinski definition) is 0. The maximum atomic E-state index is 13.1. The largest absolute Gasteiger partial charge is 0.280 e. The summed E-state index contributed by atoms with van der Waals surface area (Å²) in [5, 5.41) is 0.618. The molecule has 0 atom stereocenters. The predicted molar refractivity (Wildman–Crippen MR) is 47.2 cm³/mol. The van der Waals surface area contributed by atoms with Crippen molar-refractivity contribution in [2.45, 2.75) is 6.92 Å². The molecule has 2 rings (SSSR count). The van der Waals surface area contributed by atoms with Crippen LogP contribution < -0.4 is 5.56 Å². The van der Waals surface area contributed by atoms with E-state index in [4.69, 9.17) is 0 Å². The monoisotopic (exact) mass is 178 g/mol. The van der Waals surface area contributed by atoms with Crippen LogP contribution in [0.5, 0.6) is 0 Å². The van der Waals surface area contributed by atoms with Gasteiger partial charge in [0.2, 0.25) is 0 Å². The maximum absolute atomic E-state index is 13.1. The van der Waals surface area contributed by atoms with Gasteiger partial charge >= 0.3 is 0 Å². The van der Waals surface area contributed by atoms with E-state index in [1.54, 1.807) is 25.1 Å². The van der Waals surface area contributed by atoms with Gasteiger partial charge in [-0.15, -0.1) is 4.79 Å². The van der Waals surface area contributed by atoms with Gasteiger partial charge in [0.15, 0.2) is 5.65 Å². The van der Waals surface area contributed by atoms with Gasteiger partial charge in [0, 0.05) is 17.1 Å².